The fourth-order valence-corrected chi connectivity index (χ4v) is 82.0. The number of rotatable bonds is 20. The van der Waals surface area contributed by atoms with Crippen LogP contribution in [0.3, 0.4) is 0 Å². The number of hydrogen-bond donors (Lipinski definition) is 0. The summed E-state index contributed by atoms with van der Waals surface area (Å²) in [6, 6.07) is 10.1. The van der Waals surface area contributed by atoms with E-state index in [1.807, 2.05) is 0 Å². The van der Waals surface area contributed by atoms with Crippen LogP contribution in [0.4, 0.5) is 0 Å². The molecule has 17 unspecified atom stereocenters. The third-order valence-electron chi connectivity index (χ3n) is 12.9. The molecule has 0 bridgehead atoms. The summed E-state index contributed by atoms with van der Waals surface area (Å²) in [6.45, 7) is 45.2. The quantitative estimate of drug-likeness (QED) is 0.145. The SMILES string of the molecule is CC1C[SiH](CC[Si](C)(C)O[Si](O[Si](C)(C)CC[SiH]2OC(C)C[SiH](C)O[SiH](C)O2)(O[Si](C)(C)CC[SiH]2O[SiH](C)CC(C)O[SiH](C)O2)O[Si](C)(C)CC[SiH]2O[SiH](C)C[SiH](C)O[SiH](C)O2)O[SiH](C)O[SiH](C)O1. The zero-order valence-corrected chi connectivity index (χ0v) is 66.8. The average Bonchev–Trinajstić information content (AvgIpc) is 3.13. The highest BCUT2D eigenvalue weighted by molar-refractivity contribution is 6.93. The van der Waals surface area contributed by atoms with Gasteiger partial charge in [-0.3, -0.25) is 0 Å². The summed E-state index contributed by atoms with van der Waals surface area (Å²) in [4.78, 5) is 0. The second-order valence-corrected chi connectivity index (χ2v) is 75.7. The molecule has 0 amide bonds. The molecule has 4 heterocycles. The molecule has 0 spiro atoms. The molecule has 4 fully saturated rings. The van der Waals surface area contributed by atoms with Gasteiger partial charge in [-0.2, -0.15) is 0 Å². The van der Waals surface area contributed by atoms with E-state index in [9.17, 15) is 0 Å². The van der Waals surface area contributed by atoms with Crippen LogP contribution in [0, 0.1) is 0 Å². The second kappa shape index (κ2) is 29.5. The molecule has 0 aromatic rings. The fourth-order valence-electron chi connectivity index (χ4n) is 9.92. The van der Waals surface area contributed by atoms with Gasteiger partial charge < -0.3 is 66.8 Å². The van der Waals surface area contributed by atoms with Gasteiger partial charge in [0.2, 0.25) is 0 Å². The van der Waals surface area contributed by atoms with Crippen molar-refractivity contribution in [3.63, 3.8) is 0 Å². The summed E-state index contributed by atoms with van der Waals surface area (Å²) in [5.74, 6) is 0. The molecule has 0 saturated carbocycles. The highest BCUT2D eigenvalue weighted by Crippen LogP contribution is 2.37. The van der Waals surface area contributed by atoms with Crippen LogP contribution in [0.5, 0.6) is 0 Å². The van der Waals surface area contributed by atoms with Crippen LogP contribution in [0.1, 0.15) is 20.8 Å². The van der Waals surface area contributed by atoms with Crippen molar-refractivity contribution in [3.8, 4) is 0 Å². The Labute approximate surface area is 447 Å². The van der Waals surface area contributed by atoms with Crippen molar-refractivity contribution in [1.29, 1.82) is 0 Å². The zero-order chi connectivity index (χ0) is 51.5. The van der Waals surface area contributed by atoms with Crippen LogP contribution < -0.4 is 0 Å². The molecule has 17 atom stereocenters. The molecule has 4 saturated heterocycles. The topological polar surface area (TPSA) is 148 Å². The Morgan fingerprint density at radius 2 is 0.710 bits per heavy atom. The van der Waals surface area contributed by atoms with Gasteiger partial charge in [0.1, 0.15) is 0 Å². The highest BCUT2D eigenvalue weighted by Gasteiger charge is 2.59. The van der Waals surface area contributed by atoms with Crippen molar-refractivity contribution in [3.05, 3.63) is 0 Å². The molecule has 34 heteroatoms. The lowest BCUT2D eigenvalue weighted by Crippen LogP contribution is -2.67. The van der Waals surface area contributed by atoms with Crippen LogP contribution in [-0.4, -0.2) is 180 Å². The molecule has 408 valence electrons. The molecule has 0 aliphatic carbocycles. The van der Waals surface area contributed by atoms with Gasteiger partial charge >= 0.3 is 55.5 Å². The van der Waals surface area contributed by atoms with Gasteiger partial charge in [0.05, 0.1) is 0 Å². The molecule has 4 aliphatic rings. The van der Waals surface area contributed by atoms with Gasteiger partial charge in [-0.25, -0.2) is 0 Å². The molecule has 69 heavy (non-hydrogen) atoms. The molecule has 0 aromatic heterocycles. The van der Waals surface area contributed by atoms with Crippen molar-refractivity contribution in [2.75, 3.05) is 0 Å². The molecule has 4 rings (SSSR count). The molecule has 0 aromatic carbocycles. The van der Waals surface area contributed by atoms with E-state index in [2.05, 4.69) is 132 Å². The highest BCUT2D eigenvalue weighted by atomic mass is 28.5. The minimum atomic E-state index is -3.93. The maximum atomic E-state index is 7.84. The first-order valence-corrected chi connectivity index (χ1v) is 68.3. The summed E-state index contributed by atoms with van der Waals surface area (Å²) in [5, 5.41) is 0. The third kappa shape index (κ3) is 25.7. The van der Waals surface area contributed by atoms with E-state index in [-0.39, 0.29) is 18.3 Å². The average molecular weight is 1280 g/mol. The second-order valence-electron chi connectivity index (χ2n) is 23.1. The van der Waals surface area contributed by atoms with Crippen LogP contribution in [0.2, 0.25) is 183 Å². The van der Waals surface area contributed by atoms with E-state index in [4.69, 9.17) is 66.8 Å². The lowest BCUT2D eigenvalue weighted by Gasteiger charge is -2.46. The van der Waals surface area contributed by atoms with Gasteiger partial charge in [0.25, 0.3) is 27.9 Å². The number of hydrogen-bond acceptors (Lipinski definition) is 16. The molecule has 0 N–H and O–H groups in total. The largest absolute Gasteiger partial charge is 0.636 e. The first kappa shape index (κ1) is 64.8. The maximum absolute atomic E-state index is 7.84. The minimum absolute atomic E-state index is 0.146. The van der Waals surface area contributed by atoms with E-state index in [0.717, 1.165) is 72.2 Å². The lowest BCUT2D eigenvalue weighted by molar-refractivity contribution is 0.144. The van der Waals surface area contributed by atoms with E-state index in [0.29, 0.717) is 0 Å². The van der Waals surface area contributed by atoms with E-state index in [1.54, 1.807) is 0 Å². The Bertz CT molecular complexity index is 1240. The van der Waals surface area contributed by atoms with Crippen molar-refractivity contribution in [2.24, 2.45) is 0 Å². The normalized spacial score (nSPS) is 37.7. The smallest absolute Gasteiger partial charge is 0.442 e. The van der Waals surface area contributed by atoms with E-state index >= 15 is 0 Å². The predicted octanol–water partition coefficient (Wildman–Crippen LogP) is 5.32. The first-order chi connectivity index (χ1) is 31.9. The van der Waals surface area contributed by atoms with Gasteiger partial charge in [-0.15, -0.1) is 0 Å². The van der Waals surface area contributed by atoms with Crippen LogP contribution in [0.15, 0.2) is 0 Å². The predicted molar refractivity (Wildman–Crippen MR) is 325 cm³/mol. The van der Waals surface area contributed by atoms with Gasteiger partial charge in [0.15, 0.2) is 78.5 Å². The summed E-state index contributed by atoms with van der Waals surface area (Å²) in [5.41, 5.74) is 1.16. The maximum Gasteiger partial charge on any atom is 0.636 e. The van der Waals surface area contributed by atoms with Crippen LogP contribution in [0.25, 0.3) is 0 Å². The lowest BCUT2D eigenvalue weighted by atomic mass is 10.5. The Morgan fingerprint density at radius 1 is 0.362 bits per heavy atom. The minimum Gasteiger partial charge on any atom is -0.442 e. The molecule has 0 radical (unpaired) electrons. The molecular weight excluding hydrogens is 1180 g/mol. The zero-order valence-electron chi connectivity index (χ0n) is 46.8. The monoisotopic (exact) mass is 1280 g/mol. The van der Waals surface area contributed by atoms with Crippen LogP contribution >= 0.6 is 0 Å². The Morgan fingerprint density at radius 3 is 1.23 bits per heavy atom. The van der Waals surface area contributed by atoms with Gasteiger partial charge in [-0.1, -0.05) is 0 Å². The van der Waals surface area contributed by atoms with E-state index < -0.39 is 162 Å². The summed E-state index contributed by atoms with van der Waals surface area (Å²) >= 11 is 0. The fraction of sp³-hybridized carbons (Fsp3) is 1.00. The molecular formula is C35H100O16Si18. The van der Waals surface area contributed by atoms with Crippen molar-refractivity contribution in [2.45, 2.75) is 223 Å². The third-order valence-corrected chi connectivity index (χ3v) is 76.1. The van der Waals surface area contributed by atoms with Crippen molar-refractivity contribution in [1.82, 2.24) is 0 Å². The van der Waals surface area contributed by atoms with Crippen LogP contribution in [-0.2, 0) is 66.8 Å². The summed E-state index contributed by atoms with van der Waals surface area (Å²) in [6.07, 6.45) is 0.497. The van der Waals surface area contributed by atoms with Crippen molar-refractivity contribution >= 4 is 162 Å². The van der Waals surface area contributed by atoms with Gasteiger partial charge in [0, 0.05) is 18.3 Å². The Hall–Kier alpha value is 3.26. The van der Waals surface area contributed by atoms with Gasteiger partial charge in [-0.05, 0) is 204 Å². The van der Waals surface area contributed by atoms with Crippen molar-refractivity contribution < 1.29 is 66.8 Å². The summed E-state index contributed by atoms with van der Waals surface area (Å²) in [7, 11) is -36.1. The van der Waals surface area contributed by atoms with E-state index in [1.165, 1.54) is 0 Å². The molecule has 4 aliphatic heterocycles. The Balaban J connectivity index is 1.70. The summed E-state index contributed by atoms with van der Waals surface area (Å²) < 4.78 is 111. The standard InChI is InChI=1S/C35H100O16Si18/c1-33-29-53(5)41-63(45-57(9)36-33)23-27-67(17,18)50-69(48-65(13,14)25-21-61-31-35(3)37-56(8)43-60(12)44-61,49-66(15,16)26-22-62-38-34(2)30-52(4)39-58(10)46-62)51-68(19,20)28-24-64-42-55(7)32-54(6)40-59(11)47-64/h33-35,52-64H,21-32H2,1-20H3. The molecule has 16 nitrogen and oxygen atoms in total. The first-order valence-electron chi connectivity index (χ1n) is 26.5. The Kier molecular flexibility index (Phi) is 27.7.